The molecule has 1 fully saturated rings. The van der Waals surface area contributed by atoms with E-state index in [1.165, 1.54) is 46.6 Å². The third-order valence-corrected chi connectivity index (χ3v) is 6.08. The lowest BCUT2D eigenvalue weighted by atomic mass is 9.89. The number of hydrogen-bond donors (Lipinski definition) is 0. The van der Waals surface area contributed by atoms with E-state index in [9.17, 15) is 19.3 Å². The van der Waals surface area contributed by atoms with E-state index < -0.39 is 10.7 Å². The van der Waals surface area contributed by atoms with Crippen LogP contribution in [0.15, 0.2) is 73.3 Å². The van der Waals surface area contributed by atoms with Gasteiger partial charge >= 0.3 is 5.69 Å². The molecule has 2 aromatic carbocycles. The molecule has 0 saturated carbocycles. The first kappa shape index (κ1) is 23.0. The van der Waals surface area contributed by atoms with Gasteiger partial charge in [0.2, 0.25) is 11.6 Å². The number of Topliss-reactive ketones (excluding diaryl/α,β-unsaturated/α-hetero) is 1. The fraction of sp³-hybridized carbons (Fsp3) is 0.208. The number of piperidine rings is 1. The Balaban J connectivity index is 1.45. The highest BCUT2D eigenvalue weighted by Crippen LogP contribution is 2.39. The molecule has 3 heterocycles. The number of aromatic nitrogens is 5. The summed E-state index contributed by atoms with van der Waals surface area (Å²) in [4.78, 5) is 36.3. The Morgan fingerprint density at radius 3 is 2.42 bits per heavy atom. The summed E-state index contributed by atoms with van der Waals surface area (Å²) in [6.07, 6.45) is 5.27. The van der Waals surface area contributed by atoms with Crippen LogP contribution in [-0.4, -0.2) is 48.9 Å². The van der Waals surface area contributed by atoms with Crippen molar-refractivity contribution in [3.05, 3.63) is 94.8 Å². The van der Waals surface area contributed by atoms with E-state index in [0.29, 0.717) is 37.2 Å². The minimum absolute atomic E-state index is 0.0335. The summed E-state index contributed by atoms with van der Waals surface area (Å²) in [6.45, 7) is 0.785. The summed E-state index contributed by atoms with van der Waals surface area (Å²) in [5.41, 5.74) is 0.774. The number of anilines is 3. The number of rotatable bonds is 7. The average molecular weight is 488 g/mol. The summed E-state index contributed by atoms with van der Waals surface area (Å²) >= 11 is 0. The Morgan fingerprint density at radius 1 is 1.06 bits per heavy atom. The molecule has 0 N–H and O–H groups in total. The van der Waals surface area contributed by atoms with E-state index in [-0.39, 0.29) is 29.0 Å². The lowest BCUT2D eigenvalue weighted by Gasteiger charge is -2.32. The van der Waals surface area contributed by atoms with Gasteiger partial charge in [-0.15, -0.1) is 5.10 Å². The van der Waals surface area contributed by atoms with E-state index in [4.69, 9.17) is 0 Å². The molecule has 0 spiro atoms. The van der Waals surface area contributed by atoms with Crippen molar-refractivity contribution in [1.29, 1.82) is 0 Å². The van der Waals surface area contributed by atoms with Crippen LogP contribution in [0.4, 0.5) is 27.4 Å². The largest absolute Gasteiger partial charge is 0.355 e. The lowest BCUT2D eigenvalue weighted by molar-refractivity contribution is -0.383. The molecule has 0 amide bonds. The molecule has 182 valence electrons. The van der Waals surface area contributed by atoms with Gasteiger partial charge < -0.3 is 4.90 Å². The number of benzene rings is 2. The molecule has 36 heavy (non-hydrogen) atoms. The van der Waals surface area contributed by atoms with Gasteiger partial charge in [-0.1, -0.05) is 18.2 Å². The van der Waals surface area contributed by atoms with Gasteiger partial charge in [-0.3, -0.25) is 14.9 Å². The van der Waals surface area contributed by atoms with Crippen LogP contribution < -0.4 is 9.91 Å². The average Bonchev–Trinajstić information content (AvgIpc) is 3.44. The van der Waals surface area contributed by atoms with E-state index in [2.05, 4.69) is 20.3 Å². The topological polar surface area (TPSA) is 123 Å². The molecule has 12 heteroatoms. The van der Waals surface area contributed by atoms with Crippen LogP contribution in [-0.2, 0) is 0 Å². The number of nitrogens with zero attached hydrogens (tertiary/aromatic N) is 8. The van der Waals surface area contributed by atoms with Crippen molar-refractivity contribution in [2.24, 2.45) is 5.92 Å². The predicted octanol–water partition coefficient (Wildman–Crippen LogP) is 3.82. The summed E-state index contributed by atoms with van der Waals surface area (Å²) < 4.78 is 13.2. The fourth-order valence-electron chi connectivity index (χ4n) is 4.33. The maximum Gasteiger partial charge on any atom is 0.355 e. The molecule has 1 aliphatic heterocycles. The zero-order valence-electron chi connectivity index (χ0n) is 19.0. The number of hydrogen-bond acceptors (Lipinski definition) is 9. The lowest BCUT2D eigenvalue weighted by Crippen LogP contribution is -2.37. The molecular weight excluding hydrogens is 467 g/mol. The van der Waals surface area contributed by atoms with Gasteiger partial charge in [-0.2, -0.15) is 4.79 Å². The molecule has 0 radical (unpaired) electrons. The normalized spacial score (nSPS) is 14.0. The Kier molecular flexibility index (Phi) is 6.31. The van der Waals surface area contributed by atoms with Gasteiger partial charge in [0.25, 0.3) is 0 Å². The van der Waals surface area contributed by atoms with Crippen molar-refractivity contribution in [1.82, 2.24) is 25.1 Å². The number of ketones is 1. The number of nitro groups is 1. The molecule has 0 unspecified atom stereocenters. The highest BCUT2D eigenvalue weighted by atomic mass is 19.1. The van der Waals surface area contributed by atoms with E-state index in [0.717, 1.165) is 0 Å². The zero-order valence-corrected chi connectivity index (χ0v) is 19.0. The van der Waals surface area contributed by atoms with Crippen LogP contribution in [0.1, 0.15) is 23.2 Å². The standard InChI is InChI=1S/C24H21FN8O3/c25-19-8-6-17(7-9-19)22(34)18-10-13-30(14-11-18)23-21(33(35)36)24(27-16-26-23)32(31-15-12-28-29-31)20-4-2-1-3-5-20/h1-9,12,15-16,18H,10-11,13-14H2. The van der Waals surface area contributed by atoms with Crippen LogP contribution in [0.3, 0.4) is 0 Å². The van der Waals surface area contributed by atoms with Crippen molar-refractivity contribution in [3.8, 4) is 0 Å². The smallest absolute Gasteiger partial charge is 0.351 e. The van der Waals surface area contributed by atoms with Gasteiger partial charge in [0.1, 0.15) is 12.1 Å². The van der Waals surface area contributed by atoms with Gasteiger partial charge in [-0.25, -0.2) is 19.4 Å². The number of halogens is 1. The van der Waals surface area contributed by atoms with Crippen molar-refractivity contribution in [2.45, 2.75) is 12.8 Å². The summed E-state index contributed by atoms with van der Waals surface area (Å²) in [6, 6.07) is 14.5. The van der Waals surface area contributed by atoms with Gasteiger partial charge in [0.15, 0.2) is 5.78 Å². The van der Waals surface area contributed by atoms with Gasteiger partial charge in [-0.05, 0) is 54.5 Å². The fourth-order valence-corrected chi connectivity index (χ4v) is 4.33. The third kappa shape index (κ3) is 4.48. The molecular formula is C24H21FN8O3. The second-order valence-electron chi connectivity index (χ2n) is 8.23. The van der Waals surface area contributed by atoms with Crippen molar-refractivity contribution < 1.29 is 14.1 Å². The van der Waals surface area contributed by atoms with Crippen LogP contribution in [0, 0.1) is 21.8 Å². The zero-order chi connectivity index (χ0) is 25.1. The maximum atomic E-state index is 13.2. The molecule has 2 aromatic heterocycles. The van der Waals surface area contributed by atoms with Crippen LogP contribution in [0.2, 0.25) is 0 Å². The Labute approximate surface area is 204 Å². The first-order valence-corrected chi connectivity index (χ1v) is 11.3. The summed E-state index contributed by atoms with van der Waals surface area (Å²) in [5, 5.41) is 21.6. The molecule has 0 bridgehead atoms. The quantitative estimate of drug-likeness (QED) is 0.217. The van der Waals surface area contributed by atoms with E-state index in [1.807, 2.05) is 6.07 Å². The Hall–Kier alpha value is -4.74. The first-order chi connectivity index (χ1) is 17.5. The molecule has 11 nitrogen and oxygen atoms in total. The van der Waals surface area contributed by atoms with Crippen LogP contribution in [0.5, 0.6) is 0 Å². The van der Waals surface area contributed by atoms with E-state index >= 15 is 0 Å². The maximum absolute atomic E-state index is 13.2. The summed E-state index contributed by atoms with van der Waals surface area (Å²) in [7, 11) is 0. The number of carbonyl (C=O) groups excluding carboxylic acids is 1. The molecule has 0 atom stereocenters. The highest BCUT2D eigenvalue weighted by molar-refractivity contribution is 5.98. The van der Waals surface area contributed by atoms with Gasteiger partial charge in [0.05, 0.1) is 23.0 Å². The van der Waals surface area contributed by atoms with Crippen LogP contribution in [0.25, 0.3) is 0 Å². The molecule has 1 aliphatic rings. The monoisotopic (exact) mass is 488 g/mol. The van der Waals surface area contributed by atoms with Gasteiger partial charge in [0, 0.05) is 24.6 Å². The minimum atomic E-state index is -0.507. The number of carbonyl (C=O) groups is 1. The highest BCUT2D eigenvalue weighted by Gasteiger charge is 2.34. The summed E-state index contributed by atoms with van der Waals surface area (Å²) in [5.74, 6) is -0.523. The SMILES string of the molecule is O=C(c1ccc(F)cc1)C1CCN(c2ncnc(N(c3ccccc3)n3ccnn3)c2[N+](=O)[O-])CC1. The second kappa shape index (κ2) is 9.86. The minimum Gasteiger partial charge on any atom is -0.351 e. The van der Waals surface area contributed by atoms with Crippen molar-refractivity contribution >= 4 is 28.8 Å². The molecule has 1 saturated heterocycles. The molecule has 5 rings (SSSR count). The number of para-hydroxylation sites is 1. The second-order valence-corrected chi connectivity index (χ2v) is 8.23. The third-order valence-electron chi connectivity index (χ3n) is 6.08. The Morgan fingerprint density at radius 2 is 1.78 bits per heavy atom. The molecule has 4 aromatic rings. The van der Waals surface area contributed by atoms with E-state index in [1.54, 1.807) is 35.4 Å². The van der Waals surface area contributed by atoms with Crippen molar-refractivity contribution in [3.63, 3.8) is 0 Å². The first-order valence-electron chi connectivity index (χ1n) is 11.3. The Bertz CT molecular complexity index is 1360. The predicted molar refractivity (Wildman–Crippen MR) is 128 cm³/mol. The van der Waals surface area contributed by atoms with Crippen LogP contribution >= 0.6 is 0 Å². The van der Waals surface area contributed by atoms with Crippen molar-refractivity contribution in [2.75, 3.05) is 23.0 Å². The molecule has 0 aliphatic carbocycles.